The third-order valence-corrected chi connectivity index (χ3v) is 3.26. The second-order valence-electron chi connectivity index (χ2n) is 2.96. The van der Waals surface area contributed by atoms with Crippen LogP contribution in [-0.2, 0) is 18.1 Å². The Morgan fingerprint density at radius 1 is 1.29 bits per heavy atom. The van der Waals surface area contributed by atoms with E-state index in [9.17, 15) is 17.7 Å². The van der Waals surface area contributed by atoms with Crippen molar-refractivity contribution in [2.75, 3.05) is 6.61 Å². The first-order valence-corrected chi connectivity index (χ1v) is 5.36. The van der Waals surface area contributed by atoms with Gasteiger partial charge in [0, 0.05) is 0 Å². The molecule has 1 rings (SSSR count). The van der Waals surface area contributed by atoms with Crippen LogP contribution in [0.5, 0.6) is 0 Å². The van der Waals surface area contributed by atoms with Crippen LogP contribution in [0, 0.1) is 0 Å². The summed E-state index contributed by atoms with van der Waals surface area (Å²) in [5, 5.41) is 0. The molecule has 1 aliphatic heterocycles. The number of rotatable bonds is 2. The smallest absolute Gasteiger partial charge is 0.281 e. The molecule has 0 bridgehead atoms. The molecule has 1 fully saturated rings. The van der Waals surface area contributed by atoms with Crippen LogP contribution in [0.2, 0.25) is 0 Å². The van der Waals surface area contributed by atoms with Crippen molar-refractivity contribution in [3.05, 3.63) is 0 Å². The molecular formula is C6H10F3O4P. The minimum Gasteiger partial charge on any atom is -0.281 e. The highest BCUT2D eigenvalue weighted by molar-refractivity contribution is 7.48. The van der Waals surface area contributed by atoms with Gasteiger partial charge in [0.1, 0.15) is 0 Å². The fraction of sp³-hybridized carbons (Fsp3) is 1.00. The van der Waals surface area contributed by atoms with Crippen LogP contribution >= 0.6 is 7.82 Å². The van der Waals surface area contributed by atoms with Crippen molar-refractivity contribution in [3.63, 3.8) is 0 Å². The summed E-state index contributed by atoms with van der Waals surface area (Å²) in [4.78, 5) is 0. The lowest BCUT2D eigenvalue weighted by Gasteiger charge is -2.11. The Morgan fingerprint density at radius 2 is 1.71 bits per heavy atom. The molecule has 84 valence electrons. The summed E-state index contributed by atoms with van der Waals surface area (Å²) >= 11 is 0. The number of hydrogen-bond donors (Lipinski definition) is 0. The molecule has 0 saturated carbocycles. The minimum atomic E-state index is -4.54. The number of hydrogen-bond acceptors (Lipinski definition) is 4. The van der Waals surface area contributed by atoms with Crippen molar-refractivity contribution in [2.45, 2.75) is 32.2 Å². The number of phosphoric ester groups is 1. The minimum absolute atomic E-state index is 0.533. The van der Waals surface area contributed by atoms with Gasteiger partial charge in [0.15, 0.2) is 6.61 Å². The molecule has 2 atom stereocenters. The molecule has 0 aromatic carbocycles. The lowest BCUT2D eigenvalue weighted by atomic mass is 10.3. The highest BCUT2D eigenvalue weighted by atomic mass is 31.2. The second kappa shape index (κ2) is 3.81. The van der Waals surface area contributed by atoms with Gasteiger partial charge in [-0.25, -0.2) is 4.57 Å². The van der Waals surface area contributed by atoms with E-state index >= 15 is 0 Å². The van der Waals surface area contributed by atoms with Crippen molar-refractivity contribution >= 4 is 7.82 Å². The van der Waals surface area contributed by atoms with E-state index in [1.165, 1.54) is 0 Å². The van der Waals surface area contributed by atoms with Crippen molar-refractivity contribution < 1.29 is 31.3 Å². The third-order valence-electron chi connectivity index (χ3n) is 1.64. The molecule has 0 spiro atoms. The second-order valence-corrected chi connectivity index (χ2v) is 4.53. The van der Waals surface area contributed by atoms with E-state index in [-0.39, 0.29) is 0 Å². The third kappa shape index (κ3) is 3.24. The van der Waals surface area contributed by atoms with E-state index in [1.807, 2.05) is 0 Å². The molecule has 14 heavy (non-hydrogen) atoms. The molecule has 4 nitrogen and oxygen atoms in total. The average molecular weight is 234 g/mol. The van der Waals surface area contributed by atoms with Gasteiger partial charge in [-0.1, -0.05) is 0 Å². The average Bonchev–Trinajstić information content (AvgIpc) is 2.23. The Hall–Kier alpha value is -0.100. The summed E-state index contributed by atoms with van der Waals surface area (Å²) in [7, 11) is -4.00. The summed E-state index contributed by atoms with van der Waals surface area (Å²) in [6, 6.07) is 0. The predicted octanol–water partition coefficient (Wildman–Crippen LogP) is 2.50. The predicted molar refractivity (Wildman–Crippen MR) is 40.7 cm³/mol. The van der Waals surface area contributed by atoms with Gasteiger partial charge in [-0.05, 0) is 13.8 Å². The zero-order valence-electron chi connectivity index (χ0n) is 7.58. The van der Waals surface area contributed by atoms with Gasteiger partial charge in [-0.15, -0.1) is 0 Å². The molecular weight excluding hydrogens is 224 g/mol. The molecule has 0 aromatic heterocycles. The fourth-order valence-corrected chi connectivity index (χ4v) is 2.45. The molecule has 2 unspecified atom stereocenters. The van der Waals surface area contributed by atoms with Gasteiger partial charge in [0.25, 0.3) is 0 Å². The summed E-state index contributed by atoms with van der Waals surface area (Å²) in [6.45, 7) is 1.45. The highest BCUT2D eigenvalue weighted by Crippen LogP contribution is 2.57. The van der Waals surface area contributed by atoms with Gasteiger partial charge in [0.2, 0.25) is 0 Å². The summed E-state index contributed by atoms with van der Waals surface area (Å²) in [5.74, 6) is 0. The summed E-state index contributed by atoms with van der Waals surface area (Å²) in [6.07, 6.45) is -5.61. The van der Waals surface area contributed by atoms with E-state index in [2.05, 4.69) is 13.6 Å². The van der Waals surface area contributed by atoms with E-state index in [0.29, 0.717) is 0 Å². The van der Waals surface area contributed by atoms with Crippen LogP contribution in [0.4, 0.5) is 13.2 Å². The lowest BCUT2D eigenvalue weighted by Crippen LogP contribution is -2.16. The fourth-order valence-electron chi connectivity index (χ4n) is 0.817. The lowest BCUT2D eigenvalue weighted by molar-refractivity contribution is -0.157. The van der Waals surface area contributed by atoms with Gasteiger partial charge in [-0.3, -0.25) is 13.6 Å². The molecule has 0 aromatic rings. The SMILES string of the molecule is CC1OP(=O)(OCC(F)(F)F)OC1C. The van der Waals surface area contributed by atoms with E-state index in [1.54, 1.807) is 13.8 Å². The maximum Gasteiger partial charge on any atom is 0.475 e. The normalized spacial score (nSPS) is 38.9. The zero-order chi connectivity index (χ0) is 11.0. The first-order valence-electron chi connectivity index (χ1n) is 3.90. The van der Waals surface area contributed by atoms with Crippen molar-refractivity contribution in [1.82, 2.24) is 0 Å². The summed E-state index contributed by atoms with van der Waals surface area (Å²) in [5.41, 5.74) is 0. The van der Waals surface area contributed by atoms with Crippen LogP contribution in [0.3, 0.4) is 0 Å². The Morgan fingerprint density at radius 3 is 2.07 bits per heavy atom. The molecule has 0 radical (unpaired) electrons. The standard InChI is InChI=1S/C6H10F3O4P/c1-4-5(2)13-14(10,12-4)11-3-6(7,8)9/h4-5H,3H2,1-2H3. The maximum absolute atomic E-state index is 11.7. The van der Waals surface area contributed by atoms with Gasteiger partial charge < -0.3 is 0 Å². The van der Waals surface area contributed by atoms with Crippen molar-refractivity contribution in [1.29, 1.82) is 0 Å². The van der Waals surface area contributed by atoms with Crippen LogP contribution < -0.4 is 0 Å². The molecule has 8 heteroatoms. The quantitative estimate of drug-likeness (QED) is 0.688. The summed E-state index contributed by atoms with van der Waals surface area (Å²) < 4.78 is 59.9. The Kier molecular flexibility index (Phi) is 3.26. The molecule has 1 heterocycles. The van der Waals surface area contributed by atoms with Crippen molar-refractivity contribution in [3.8, 4) is 0 Å². The molecule has 0 amide bonds. The molecule has 1 saturated heterocycles. The van der Waals surface area contributed by atoms with E-state index < -0.39 is 32.8 Å². The largest absolute Gasteiger partial charge is 0.475 e. The Labute approximate surface area is 78.9 Å². The maximum atomic E-state index is 11.7. The number of alkyl halides is 3. The van der Waals surface area contributed by atoms with Crippen LogP contribution in [0.15, 0.2) is 0 Å². The Bertz CT molecular complexity index is 240. The molecule has 0 N–H and O–H groups in total. The number of halogens is 3. The van der Waals surface area contributed by atoms with Crippen molar-refractivity contribution in [2.24, 2.45) is 0 Å². The van der Waals surface area contributed by atoms with Crippen LogP contribution in [0.1, 0.15) is 13.8 Å². The van der Waals surface area contributed by atoms with Gasteiger partial charge >= 0.3 is 14.0 Å². The number of phosphoric acid groups is 1. The Balaban J connectivity index is 2.49. The van der Waals surface area contributed by atoms with Gasteiger partial charge in [0.05, 0.1) is 12.2 Å². The van der Waals surface area contributed by atoms with Crippen LogP contribution in [0.25, 0.3) is 0 Å². The zero-order valence-corrected chi connectivity index (χ0v) is 8.47. The van der Waals surface area contributed by atoms with Crippen LogP contribution in [-0.4, -0.2) is 25.0 Å². The van der Waals surface area contributed by atoms with E-state index in [4.69, 9.17) is 0 Å². The topological polar surface area (TPSA) is 44.8 Å². The molecule has 1 aliphatic rings. The monoisotopic (exact) mass is 234 g/mol. The van der Waals surface area contributed by atoms with Gasteiger partial charge in [-0.2, -0.15) is 13.2 Å². The molecule has 0 aliphatic carbocycles. The first kappa shape index (κ1) is 12.0. The highest BCUT2D eigenvalue weighted by Gasteiger charge is 2.44. The first-order chi connectivity index (χ1) is 6.22. The van der Waals surface area contributed by atoms with E-state index in [0.717, 1.165) is 0 Å².